The van der Waals surface area contributed by atoms with E-state index in [1.54, 1.807) is 28.2 Å². The Balaban J connectivity index is 1.91. The predicted octanol–water partition coefficient (Wildman–Crippen LogP) is 4.47. The van der Waals surface area contributed by atoms with Crippen LogP contribution in [0.5, 0.6) is 0 Å². The van der Waals surface area contributed by atoms with Crippen LogP contribution < -0.4 is 5.32 Å². The quantitative estimate of drug-likeness (QED) is 0.692. The van der Waals surface area contributed by atoms with Crippen molar-refractivity contribution in [2.75, 3.05) is 5.32 Å². The molecule has 1 aromatic heterocycles. The zero-order valence-corrected chi connectivity index (χ0v) is 12.6. The summed E-state index contributed by atoms with van der Waals surface area (Å²) in [5, 5.41) is 2.49. The van der Waals surface area contributed by atoms with E-state index in [1.165, 1.54) is 24.3 Å². The van der Waals surface area contributed by atoms with Crippen molar-refractivity contribution in [3.05, 3.63) is 65.9 Å². The van der Waals surface area contributed by atoms with Gasteiger partial charge in [0.1, 0.15) is 11.6 Å². The van der Waals surface area contributed by atoms with E-state index in [2.05, 4.69) is 0 Å². The van der Waals surface area contributed by atoms with Crippen LogP contribution in [0.15, 0.2) is 48.7 Å². The molecule has 3 aromatic rings. The summed E-state index contributed by atoms with van der Waals surface area (Å²) in [5.41, 5.74) is 0.851. The number of anilines is 1. The van der Waals surface area contributed by atoms with Crippen molar-refractivity contribution in [1.29, 1.82) is 0 Å². The zero-order chi connectivity index (χ0) is 18.2. The van der Waals surface area contributed by atoms with Crippen LogP contribution in [0.2, 0.25) is 0 Å². The summed E-state index contributed by atoms with van der Waals surface area (Å²) in [7, 11) is 0. The number of benzene rings is 2. The number of carbonyl (C=O) groups is 1. The molecule has 2 aromatic carbocycles. The van der Waals surface area contributed by atoms with Gasteiger partial charge in [0, 0.05) is 24.5 Å². The molecular weight excluding hydrogens is 343 g/mol. The van der Waals surface area contributed by atoms with Gasteiger partial charge in [-0.1, -0.05) is 6.07 Å². The highest BCUT2D eigenvalue weighted by Gasteiger charge is 2.38. The van der Waals surface area contributed by atoms with Crippen LogP contribution in [0.25, 0.3) is 10.9 Å². The van der Waals surface area contributed by atoms with E-state index in [9.17, 15) is 26.7 Å². The second-order valence-electron chi connectivity index (χ2n) is 5.45. The number of hydrogen-bond acceptors (Lipinski definition) is 1. The second-order valence-corrected chi connectivity index (χ2v) is 5.45. The molecule has 0 aliphatic carbocycles. The van der Waals surface area contributed by atoms with Gasteiger partial charge in [-0.3, -0.25) is 4.79 Å². The molecule has 0 radical (unpaired) electrons. The van der Waals surface area contributed by atoms with Crippen LogP contribution in [0.3, 0.4) is 0 Å². The molecule has 1 N–H and O–H groups in total. The number of nitrogens with one attached hydrogen (secondary N) is 1. The summed E-state index contributed by atoms with van der Waals surface area (Å²) in [6.45, 7) is 0.120. The van der Waals surface area contributed by atoms with Gasteiger partial charge in [0.25, 0.3) is 0 Å². The zero-order valence-electron chi connectivity index (χ0n) is 12.6. The topological polar surface area (TPSA) is 34.0 Å². The lowest BCUT2D eigenvalue weighted by Gasteiger charge is -2.10. The lowest BCUT2D eigenvalue weighted by Crippen LogP contribution is -2.29. The van der Waals surface area contributed by atoms with E-state index in [4.69, 9.17) is 0 Å². The Hall–Kier alpha value is -2.90. The van der Waals surface area contributed by atoms with Crippen molar-refractivity contribution in [2.45, 2.75) is 12.7 Å². The van der Waals surface area contributed by atoms with E-state index in [-0.39, 0.29) is 12.2 Å². The third-order valence-corrected chi connectivity index (χ3v) is 3.56. The van der Waals surface area contributed by atoms with E-state index in [1.807, 2.05) is 0 Å². The highest BCUT2D eigenvalue weighted by Crippen LogP contribution is 2.24. The molecule has 0 saturated carbocycles. The van der Waals surface area contributed by atoms with Crippen LogP contribution in [-0.2, 0) is 11.3 Å². The van der Waals surface area contributed by atoms with Crippen LogP contribution in [0, 0.1) is 11.6 Å². The molecule has 0 saturated heterocycles. The van der Waals surface area contributed by atoms with Crippen molar-refractivity contribution in [3.8, 4) is 0 Å². The van der Waals surface area contributed by atoms with Crippen molar-refractivity contribution < 1.29 is 26.7 Å². The predicted molar refractivity (Wildman–Crippen MR) is 82.1 cm³/mol. The number of aromatic nitrogens is 1. The number of nitrogens with zero attached hydrogens (tertiary/aromatic N) is 1. The maximum atomic E-state index is 13.3. The molecule has 1 amide bonds. The van der Waals surface area contributed by atoms with Crippen molar-refractivity contribution >= 4 is 22.5 Å². The SMILES string of the molecule is O=C(Nc1ccc2ccn(Cc3cc(F)cc(F)c3)c2c1)C(F)(F)F. The Bertz CT molecular complexity index is 926. The van der Waals surface area contributed by atoms with E-state index >= 15 is 0 Å². The summed E-state index contributed by atoms with van der Waals surface area (Å²) in [6.07, 6.45) is -3.35. The minimum Gasteiger partial charge on any atom is -0.343 e. The van der Waals surface area contributed by atoms with Gasteiger partial charge >= 0.3 is 12.1 Å². The molecule has 3 nitrogen and oxygen atoms in total. The Morgan fingerprint density at radius 3 is 2.32 bits per heavy atom. The molecule has 0 atom stereocenters. The summed E-state index contributed by atoms with van der Waals surface area (Å²) >= 11 is 0. The van der Waals surface area contributed by atoms with Gasteiger partial charge in [-0.25, -0.2) is 8.78 Å². The number of hydrogen-bond donors (Lipinski definition) is 1. The largest absolute Gasteiger partial charge is 0.471 e. The maximum absolute atomic E-state index is 13.3. The van der Waals surface area contributed by atoms with Gasteiger partial charge in [-0.05, 0) is 41.3 Å². The standard InChI is InChI=1S/C17H11F5N2O/c18-12-5-10(6-13(19)7-12)9-24-4-3-11-1-2-14(8-15(11)24)23-16(25)17(20,21)22/h1-8H,9H2,(H,23,25). The molecule has 0 spiro atoms. The first-order chi connectivity index (χ1) is 11.7. The smallest absolute Gasteiger partial charge is 0.343 e. The van der Waals surface area contributed by atoms with E-state index in [0.29, 0.717) is 16.5 Å². The highest BCUT2D eigenvalue weighted by atomic mass is 19.4. The normalized spacial score (nSPS) is 11.7. The Morgan fingerprint density at radius 2 is 1.68 bits per heavy atom. The molecule has 1 heterocycles. The maximum Gasteiger partial charge on any atom is 0.471 e. The average Bonchev–Trinajstić information content (AvgIpc) is 2.88. The number of rotatable bonds is 3. The fraction of sp³-hybridized carbons (Fsp3) is 0.118. The van der Waals surface area contributed by atoms with Gasteiger partial charge in [-0.2, -0.15) is 13.2 Å². The van der Waals surface area contributed by atoms with Crippen LogP contribution in [-0.4, -0.2) is 16.7 Å². The molecule has 0 unspecified atom stereocenters. The Morgan fingerprint density at radius 1 is 1.00 bits per heavy atom. The third-order valence-electron chi connectivity index (χ3n) is 3.56. The first-order valence-electron chi connectivity index (χ1n) is 7.14. The molecule has 130 valence electrons. The summed E-state index contributed by atoms with van der Waals surface area (Å²) in [5.74, 6) is -3.51. The highest BCUT2D eigenvalue weighted by molar-refractivity contribution is 5.96. The van der Waals surface area contributed by atoms with Gasteiger partial charge in [0.15, 0.2) is 0 Å². The number of alkyl halides is 3. The molecule has 0 aliphatic heterocycles. The second kappa shape index (κ2) is 6.19. The average molecular weight is 354 g/mol. The lowest BCUT2D eigenvalue weighted by molar-refractivity contribution is -0.167. The number of carbonyl (C=O) groups excluding carboxylic acids is 1. The first kappa shape index (κ1) is 16.9. The van der Waals surface area contributed by atoms with E-state index in [0.717, 1.165) is 6.07 Å². The third kappa shape index (κ3) is 3.78. The molecule has 0 fully saturated rings. The number of fused-ring (bicyclic) bond motifs is 1. The Labute approximate surface area is 138 Å². The summed E-state index contributed by atoms with van der Waals surface area (Å²) in [6, 6.07) is 9.06. The molecule has 0 aliphatic rings. The lowest BCUT2D eigenvalue weighted by atomic mass is 10.2. The minimum atomic E-state index is -4.99. The molecule has 3 rings (SSSR count). The van der Waals surface area contributed by atoms with E-state index < -0.39 is 23.7 Å². The van der Waals surface area contributed by atoms with Gasteiger partial charge < -0.3 is 9.88 Å². The van der Waals surface area contributed by atoms with Crippen molar-refractivity contribution in [2.24, 2.45) is 0 Å². The van der Waals surface area contributed by atoms with Crippen molar-refractivity contribution in [3.63, 3.8) is 0 Å². The number of amides is 1. The summed E-state index contributed by atoms with van der Waals surface area (Å²) < 4.78 is 65.2. The molecular formula is C17H11F5N2O. The van der Waals surface area contributed by atoms with Crippen LogP contribution in [0.4, 0.5) is 27.6 Å². The summed E-state index contributed by atoms with van der Waals surface area (Å²) in [4.78, 5) is 11.0. The molecule has 0 bridgehead atoms. The molecule has 25 heavy (non-hydrogen) atoms. The van der Waals surface area contributed by atoms with Gasteiger partial charge in [-0.15, -0.1) is 0 Å². The fourth-order valence-corrected chi connectivity index (χ4v) is 2.50. The van der Waals surface area contributed by atoms with Gasteiger partial charge in [0.05, 0.1) is 5.52 Å². The fourth-order valence-electron chi connectivity index (χ4n) is 2.50. The number of halogens is 5. The minimum absolute atomic E-state index is 0.0276. The van der Waals surface area contributed by atoms with Crippen LogP contribution in [0.1, 0.15) is 5.56 Å². The monoisotopic (exact) mass is 354 g/mol. The van der Waals surface area contributed by atoms with Gasteiger partial charge in [0.2, 0.25) is 0 Å². The van der Waals surface area contributed by atoms with Crippen molar-refractivity contribution in [1.82, 2.24) is 4.57 Å². The first-order valence-corrected chi connectivity index (χ1v) is 7.14. The van der Waals surface area contributed by atoms with Crippen LogP contribution >= 0.6 is 0 Å². The Kier molecular flexibility index (Phi) is 4.20. The molecule has 8 heteroatoms.